The molecule has 0 saturated heterocycles. The van der Waals surface area contributed by atoms with Gasteiger partial charge in [0, 0.05) is 11.9 Å². The van der Waals surface area contributed by atoms with E-state index in [1.54, 1.807) is 0 Å². The van der Waals surface area contributed by atoms with Crippen LogP contribution in [-0.2, 0) is 11.8 Å². The largest absolute Gasteiger partial charge is 0.491 e. The SMILES string of the molecule is CC(C)(C)c1ccc2c(c1)OCCCc1cncn1-2. The summed E-state index contributed by atoms with van der Waals surface area (Å²) in [6.45, 7) is 7.44. The van der Waals surface area contributed by atoms with E-state index in [0.29, 0.717) is 0 Å². The van der Waals surface area contributed by atoms with Gasteiger partial charge in [0.05, 0.1) is 18.6 Å². The smallest absolute Gasteiger partial charge is 0.143 e. The molecule has 2 aromatic rings. The zero-order chi connectivity index (χ0) is 13.5. The molecular formula is C16H20N2O. The highest BCUT2D eigenvalue weighted by atomic mass is 16.5. The van der Waals surface area contributed by atoms with Gasteiger partial charge >= 0.3 is 0 Å². The van der Waals surface area contributed by atoms with Crippen LogP contribution in [0.15, 0.2) is 30.7 Å². The van der Waals surface area contributed by atoms with Crippen LogP contribution in [0.5, 0.6) is 5.75 Å². The summed E-state index contributed by atoms with van der Waals surface area (Å²) in [4.78, 5) is 4.26. The monoisotopic (exact) mass is 256 g/mol. The van der Waals surface area contributed by atoms with Gasteiger partial charge in [0.15, 0.2) is 0 Å². The van der Waals surface area contributed by atoms with Crippen LogP contribution in [0.3, 0.4) is 0 Å². The molecule has 0 aliphatic carbocycles. The van der Waals surface area contributed by atoms with Crippen LogP contribution in [0.1, 0.15) is 38.4 Å². The Hall–Kier alpha value is -1.77. The van der Waals surface area contributed by atoms with Crippen molar-refractivity contribution in [3.05, 3.63) is 42.0 Å². The van der Waals surface area contributed by atoms with Crippen molar-refractivity contribution < 1.29 is 4.74 Å². The minimum atomic E-state index is 0.137. The van der Waals surface area contributed by atoms with E-state index in [1.807, 2.05) is 12.5 Å². The molecule has 0 unspecified atom stereocenters. The van der Waals surface area contributed by atoms with E-state index in [-0.39, 0.29) is 5.41 Å². The summed E-state index contributed by atoms with van der Waals surface area (Å²) in [5, 5.41) is 0. The maximum Gasteiger partial charge on any atom is 0.143 e. The lowest BCUT2D eigenvalue weighted by Gasteiger charge is -2.23. The summed E-state index contributed by atoms with van der Waals surface area (Å²) in [5.41, 5.74) is 3.79. The quantitative estimate of drug-likeness (QED) is 0.721. The molecule has 0 N–H and O–H groups in total. The molecular weight excluding hydrogens is 236 g/mol. The molecule has 0 bridgehead atoms. The number of hydrogen-bond donors (Lipinski definition) is 0. The van der Waals surface area contributed by atoms with Crippen molar-refractivity contribution in [2.45, 2.75) is 39.0 Å². The van der Waals surface area contributed by atoms with E-state index in [9.17, 15) is 0 Å². The Balaban J connectivity index is 2.14. The Kier molecular flexibility index (Phi) is 2.85. The first kappa shape index (κ1) is 12.3. The van der Waals surface area contributed by atoms with Gasteiger partial charge in [-0.15, -0.1) is 0 Å². The number of benzene rings is 1. The van der Waals surface area contributed by atoms with Gasteiger partial charge in [-0.2, -0.15) is 0 Å². The van der Waals surface area contributed by atoms with Crippen LogP contribution in [0.25, 0.3) is 5.69 Å². The van der Waals surface area contributed by atoms with Gasteiger partial charge in [-0.3, -0.25) is 4.57 Å². The lowest BCUT2D eigenvalue weighted by Crippen LogP contribution is -2.14. The molecule has 0 amide bonds. The van der Waals surface area contributed by atoms with Crippen LogP contribution < -0.4 is 4.74 Å². The first-order valence-electron chi connectivity index (χ1n) is 6.84. The number of ether oxygens (including phenoxy) is 1. The summed E-state index contributed by atoms with van der Waals surface area (Å²) in [6.07, 6.45) is 5.87. The van der Waals surface area contributed by atoms with Gasteiger partial charge in [-0.05, 0) is 36.0 Å². The highest BCUT2D eigenvalue weighted by Gasteiger charge is 2.19. The minimum absolute atomic E-state index is 0.137. The first-order valence-corrected chi connectivity index (χ1v) is 6.84. The fraction of sp³-hybridized carbons (Fsp3) is 0.438. The lowest BCUT2D eigenvalue weighted by molar-refractivity contribution is 0.304. The van der Waals surface area contributed by atoms with Crippen molar-refractivity contribution in [2.75, 3.05) is 6.61 Å². The third-order valence-corrected chi connectivity index (χ3v) is 3.64. The molecule has 2 heterocycles. The second-order valence-electron chi connectivity index (χ2n) is 6.14. The second-order valence-corrected chi connectivity index (χ2v) is 6.14. The molecule has 100 valence electrons. The summed E-state index contributed by atoms with van der Waals surface area (Å²) < 4.78 is 8.08. The Bertz CT molecular complexity index is 593. The molecule has 0 fully saturated rings. The predicted molar refractivity (Wildman–Crippen MR) is 76.1 cm³/mol. The van der Waals surface area contributed by atoms with Crippen molar-refractivity contribution >= 4 is 0 Å². The molecule has 1 aromatic heterocycles. The third kappa shape index (κ3) is 2.25. The Labute approximate surface area is 114 Å². The molecule has 3 rings (SSSR count). The maximum absolute atomic E-state index is 5.94. The van der Waals surface area contributed by atoms with Crippen molar-refractivity contribution in [2.24, 2.45) is 0 Å². The number of rotatable bonds is 0. The van der Waals surface area contributed by atoms with Gasteiger partial charge in [-0.1, -0.05) is 26.8 Å². The van der Waals surface area contributed by atoms with Gasteiger partial charge in [0.1, 0.15) is 5.75 Å². The Morgan fingerprint density at radius 3 is 2.89 bits per heavy atom. The van der Waals surface area contributed by atoms with Gasteiger partial charge < -0.3 is 4.74 Å². The molecule has 3 heteroatoms. The molecule has 1 aromatic carbocycles. The van der Waals surface area contributed by atoms with E-state index in [1.165, 1.54) is 11.3 Å². The van der Waals surface area contributed by atoms with E-state index in [0.717, 1.165) is 30.9 Å². The minimum Gasteiger partial charge on any atom is -0.491 e. The average molecular weight is 256 g/mol. The summed E-state index contributed by atoms with van der Waals surface area (Å²) >= 11 is 0. The predicted octanol–water partition coefficient (Wildman–Crippen LogP) is 3.49. The van der Waals surface area contributed by atoms with E-state index >= 15 is 0 Å². The van der Waals surface area contributed by atoms with E-state index in [2.05, 4.69) is 48.5 Å². The van der Waals surface area contributed by atoms with Crippen LogP contribution in [0.2, 0.25) is 0 Å². The highest BCUT2D eigenvalue weighted by molar-refractivity contribution is 5.51. The molecule has 19 heavy (non-hydrogen) atoms. The molecule has 0 radical (unpaired) electrons. The third-order valence-electron chi connectivity index (χ3n) is 3.64. The Morgan fingerprint density at radius 1 is 1.26 bits per heavy atom. The number of aryl methyl sites for hydroxylation is 1. The lowest BCUT2D eigenvalue weighted by atomic mass is 9.87. The van der Waals surface area contributed by atoms with Gasteiger partial charge in [0.25, 0.3) is 0 Å². The topological polar surface area (TPSA) is 27.1 Å². The van der Waals surface area contributed by atoms with Gasteiger partial charge in [0.2, 0.25) is 0 Å². The number of hydrogen-bond acceptors (Lipinski definition) is 2. The molecule has 0 spiro atoms. The van der Waals surface area contributed by atoms with Crippen LogP contribution in [-0.4, -0.2) is 16.2 Å². The first-order chi connectivity index (χ1) is 9.05. The van der Waals surface area contributed by atoms with Crippen LogP contribution in [0, 0.1) is 0 Å². The van der Waals surface area contributed by atoms with Gasteiger partial charge in [-0.25, -0.2) is 4.98 Å². The summed E-state index contributed by atoms with van der Waals surface area (Å²) in [5.74, 6) is 0.964. The summed E-state index contributed by atoms with van der Waals surface area (Å²) in [6, 6.07) is 6.50. The van der Waals surface area contributed by atoms with Crippen LogP contribution >= 0.6 is 0 Å². The number of imidazole rings is 1. The standard InChI is InChI=1S/C16H20N2O/c1-16(2,3)12-6-7-14-15(9-12)19-8-4-5-13-10-17-11-18(13)14/h6-7,9-11H,4-5,8H2,1-3H3. The van der Waals surface area contributed by atoms with E-state index in [4.69, 9.17) is 4.74 Å². The van der Waals surface area contributed by atoms with Crippen molar-refractivity contribution in [1.29, 1.82) is 0 Å². The van der Waals surface area contributed by atoms with Crippen molar-refractivity contribution in [3.8, 4) is 11.4 Å². The molecule has 1 aliphatic rings. The number of aromatic nitrogens is 2. The second kappa shape index (κ2) is 4.41. The molecule has 0 atom stereocenters. The Morgan fingerprint density at radius 2 is 2.11 bits per heavy atom. The van der Waals surface area contributed by atoms with Crippen LogP contribution in [0.4, 0.5) is 0 Å². The summed E-state index contributed by atoms with van der Waals surface area (Å²) in [7, 11) is 0. The average Bonchev–Trinajstić information content (AvgIpc) is 2.78. The molecule has 1 aliphatic heterocycles. The zero-order valence-corrected chi connectivity index (χ0v) is 11.8. The van der Waals surface area contributed by atoms with Crippen molar-refractivity contribution in [1.82, 2.24) is 9.55 Å². The van der Waals surface area contributed by atoms with Crippen molar-refractivity contribution in [3.63, 3.8) is 0 Å². The number of fused-ring (bicyclic) bond motifs is 3. The fourth-order valence-electron chi connectivity index (χ4n) is 2.45. The fourth-order valence-corrected chi connectivity index (χ4v) is 2.45. The zero-order valence-electron chi connectivity index (χ0n) is 11.8. The number of nitrogens with zero attached hydrogens (tertiary/aromatic N) is 2. The molecule has 3 nitrogen and oxygen atoms in total. The van der Waals surface area contributed by atoms with E-state index < -0.39 is 0 Å². The highest BCUT2D eigenvalue weighted by Crippen LogP contribution is 2.32. The maximum atomic E-state index is 5.94. The molecule has 0 saturated carbocycles. The normalized spacial score (nSPS) is 14.9.